The zero-order valence-corrected chi connectivity index (χ0v) is 14.2. The van der Waals surface area contributed by atoms with Crippen molar-refractivity contribution in [2.75, 3.05) is 11.9 Å². The Morgan fingerprint density at radius 1 is 1.24 bits per heavy atom. The van der Waals surface area contributed by atoms with Crippen LogP contribution in [0, 0.1) is 5.92 Å². The van der Waals surface area contributed by atoms with Gasteiger partial charge < -0.3 is 5.32 Å². The predicted molar refractivity (Wildman–Crippen MR) is 88.1 cm³/mol. The van der Waals surface area contributed by atoms with Gasteiger partial charge in [0.15, 0.2) is 5.82 Å². The summed E-state index contributed by atoms with van der Waals surface area (Å²) in [7, 11) is 0. The molecule has 0 bridgehead atoms. The highest BCUT2D eigenvalue weighted by Crippen LogP contribution is 2.28. The van der Waals surface area contributed by atoms with Gasteiger partial charge in [0.05, 0.1) is 16.4 Å². The van der Waals surface area contributed by atoms with E-state index in [9.17, 15) is 0 Å². The second kappa shape index (κ2) is 7.45. The summed E-state index contributed by atoms with van der Waals surface area (Å²) in [5, 5.41) is 3.34. The van der Waals surface area contributed by atoms with Crippen molar-refractivity contribution in [3.8, 4) is 11.5 Å². The molecule has 0 aromatic carbocycles. The number of nitrogens with one attached hydrogen (secondary N) is 1. The van der Waals surface area contributed by atoms with Crippen LogP contribution in [0.2, 0.25) is 0 Å². The van der Waals surface area contributed by atoms with Crippen LogP contribution in [0.15, 0.2) is 23.1 Å². The standard InChI is InChI=1S/C15H20BrN5/c1-4-5-19-15-13(16)11(8-10(2)3)20-14(21-15)12-9-17-6-7-18-12/h6-7,9-10H,4-5,8H2,1-3H3,(H,19,20,21). The Bertz CT molecular complexity index is 586. The molecule has 0 fully saturated rings. The number of nitrogens with zero attached hydrogens (tertiary/aromatic N) is 4. The SMILES string of the molecule is CCCNc1nc(-c2cnccn2)nc(CC(C)C)c1Br. The Balaban J connectivity index is 2.45. The van der Waals surface area contributed by atoms with E-state index in [1.165, 1.54) is 0 Å². The van der Waals surface area contributed by atoms with Crippen LogP contribution in [-0.4, -0.2) is 26.5 Å². The van der Waals surface area contributed by atoms with Gasteiger partial charge in [-0.15, -0.1) is 0 Å². The van der Waals surface area contributed by atoms with Gasteiger partial charge in [0.2, 0.25) is 0 Å². The summed E-state index contributed by atoms with van der Waals surface area (Å²) >= 11 is 3.62. The van der Waals surface area contributed by atoms with Gasteiger partial charge in [0.1, 0.15) is 11.5 Å². The molecule has 0 saturated carbocycles. The van der Waals surface area contributed by atoms with Crippen LogP contribution in [0.3, 0.4) is 0 Å². The average molecular weight is 350 g/mol. The lowest BCUT2D eigenvalue weighted by atomic mass is 10.1. The van der Waals surface area contributed by atoms with Gasteiger partial charge in [-0.3, -0.25) is 4.98 Å². The van der Waals surface area contributed by atoms with E-state index in [-0.39, 0.29) is 0 Å². The Morgan fingerprint density at radius 3 is 2.67 bits per heavy atom. The minimum atomic E-state index is 0.518. The number of rotatable bonds is 6. The third kappa shape index (κ3) is 4.20. The van der Waals surface area contributed by atoms with Crippen molar-refractivity contribution in [3.63, 3.8) is 0 Å². The van der Waals surface area contributed by atoms with Gasteiger partial charge in [-0.1, -0.05) is 20.8 Å². The molecule has 112 valence electrons. The lowest BCUT2D eigenvalue weighted by molar-refractivity contribution is 0.632. The summed E-state index contributed by atoms with van der Waals surface area (Å²) < 4.78 is 0.942. The third-order valence-corrected chi connectivity index (χ3v) is 3.69. The van der Waals surface area contributed by atoms with E-state index in [4.69, 9.17) is 0 Å². The summed E-state index contributed by atoms with van der Waals surface area (Å²) in [6, 6.07) is 0. The molecule has 21 heavy (non-hydrogen) atoms. The molecule has 6 heteroatoms. The van der Waals surface area contributed by atoms with Gasteiger partial charge >= 0.3 is 0 Å². The van der Waals surface area contributed by atoms with Crippen LogP contribution in [0.4, 0.5) is 5.82 Å². The highest BCUT2D eigenvalue weighted by atomic mass is 79.9. The second-order valence-corrected chi connectivity index (χ2v) is 6.06. The molecule has 0 aliphatic heterocycles. The summed E-state index contributed by atoms with van der Waals surface area (Å²) in [5.74, 6) is 1.95. The zero-order valence-electron chi connectivity index (χ0n) is 12.6. The van der Waals surface area contributed by atoms with Gasteiger partial charge in [0.25, 0.3) is 0 Å². The smallest absolute Gasteiger partial charge is 0.182 e. The van der Waals surface area contributed by atoms with Crippen LogP contribution in [0.5, 0.6) is 0 Å². The molecular formula is C15H20BrN5. The molecule has 0 aliphatic rings. The topological polar surface area (TPSA) is 63.6 Å². The molecule has 1 N–H and O–H groups in total. The van der Waals surface area contributed by atoms with Gasteiger partial charge in [-0.25, -0.2) is 15.0 Å². The summed E-state index contributed by atoms with van der Waals surface area (Å²) in [6.45, 7) is 7.35. The van der Waals surface area contributed by atoms with E-state index >= 15 is 0 Å². The first-order valence-electron chi connectivity index (χ1n) is 7.18. The molecular weight excluding hydrogens is 330 g/mol. The number of hydrogen-bond acceptors (Lipinski definition) is 5. The highest BCUT2D eigenvalue weighted by Gasteiger charge is 2.15. The summed E-state index contributed by atoms with van der Waals surface area (Å²) in [5.41, 5.74) is 1.69. The lowest BCUT2D eigenvalue weighted by Crippen LogP contribution is -2.09. The maximum atomic E-state index is 4.65. The molecule has 0 aliphatic carbocycles. The average Bonchev–Trinajstić information content (AvgIpc) is 2.48. The van der Waals surface area contributed by atoms with Gasteiger partial charge in [0, 0.05) is 18.9 Å². The monoisotopic (exact) mass is 349 g/mol. The third-order valence-electron chi connectivity index (χ3n) is 2.86. The van der Waals surface area contributed by atoms with E-state index in [1.54, 1.807) is 18.6 Å². The van der Waals surface area contributed by atoms with Crippen molar-refractivity contribution in [2.24, 2.45) is 5.92 Å². The minimum Gasteiger partial charge on any atom is -0.369 e. The maximum Gasteiger partial charge on any atom is 0.182 e. The first kappa shape index (κ1) is 15.8. The fourth-order valence-corrected chi connectivity index (χ4v) is 2.38. The Kier molecular flexibility index (Phi) is 5.61. The normalized spacial score (nSPS) is 10.9. The molecule has 2 aromatic rings. The molecule has 0 amide bonds. The minimum absolute atomic E-state index is 0.518. The molecule has 0 saturated heterocycles. The molecule has 0 unspecified atom stereocenters. The zero-order chi connectivity index (χ0) is 15.2. The van der Waals surface area contributed by atoms with Crippen molar-refractivity contribution in [1.82, 2.24) is 19.9 Å². The largest absolute Gasteiger partial charge is 0.369 e. The van der Waals surface area contributed by atoms with Crippen LogP contribution < -0.4 is 5.32 Å². The number of hydrogen-bond donors (Lipinski definition) is 1. The van der Waals surface area contributed by atoms with Crippen LogP contribution in [0.1, 0.15) is 32.9 Å². The molecule has 0 radical (unpaired) electrons. The predicted octanol–water partition coefficient (Wildman–Crippen LogP) is 3.72. The van der Waals surface area contributed by atoms with Crippen LogP contribution >= 0.6 is 15.9 Å². The number of halogens is 1. The summed E-state index contributed by atoms with van der Waals surface area (Å²) in [6.07, 6.45) is 6.91. The van der Waals surface area contributed by atoms with Crippen LogP contribution in [0.25, 0.3) is 11.5 Å². The molecule has 0 atom stereocenters. The first-order chi connectivity index (χ1) is 10.1. The van der Waals surface area contributed by atoms with E-state index in [2.05, 4.69) is 62.0 Å². The second-order valence-electron chi connectivity index (χ2n) is 5.27. The van der Waals surface area contributed by atoms with Crippen molar-refractivity contribution >= 4 is 21.7 Å². The maximum absolute atomic E-state index is 4.65. The lowest BCUT2D eigenvalue weighted by Gasteiger charge is -2.13. The quantitative estimate of drug-likeness (QED) is 0.860. The number of anilines is 1. The number of aromatic nitrogens is 4. The summed E-state index contributed by atoms with van der Waals surface area (Å²) in [4.78, 5) is 17.6. The van der Waals surface area contributed by atoms with E-state index in [0.717, 1.165) is 35.4 Å². The Labute approximate surface area is 133 Å². The Morgan fingerprint density at radius 2 is 2.05 bits per heavy atom. The van der Waals surface area contributed by atoms with Gasteiger partial charge in [-0.2, -0.15) is 0 Å². The molecule has 2 heterocycles. The molecule has 2 aromatic heterocycles. The fourth-order valence-electron chi connectivity index (χ4n) is 1.91. The van der Waals surface area contributed by atoms with Gasteiger partial charge in [-0.05, 0) is 34.7 Å². The molecule has 5 nitrogen and oxygen atoms in total. The molecule has 0 spiro atoms. The highest BCUT2D eigenvalue weighted by molar-refractivity contribution is 9.10. The van der Waals surface area contributed by atoms with E-state index in [1.807, 2.05) is 0 Å². The van der Waals surface area contributed by atoms with Crippen molar-refractivity contribution in [2.45, 2.75) is 33.6 Å². The fraction of sp³-hybridized carbons (Fsp3) is 0.467. The van der Waals surface area contributed by atoms with Crippen molar-refractivity contribution in [3.05, 3.63) is 28.8 Å². The Hall–Kier alpha value is -1.56. The van der Waals surface area contributed by atoms with E-state index < -0.39 is 0 Å². The first-order valence-corrected chi connectivity index (χ1v) is 7.97. The van der Waals surface area contributed by atoms with E-state index in [0.29, 0.717) is 17.4 Å². The van der Waals surface area contributed by atoms with Crippen molar-refractivity contribution in [1.29, 1.82) is 0 Å². The molecule has 2 rings (SSSR count). The van der Waals surface area contributed by atoms with Crippen molar-refractivity contribution < 1.29 is 0 Å². The van der Waals surface area contributed by atoms with Crippen LogP contribution in [-0.2, 0) is 6.42 Å².